The summed E-state index contributed by atoms with van der Waals surface area (Å²) in [6.45, 7) is 1.58. The molecule has 0 spiro atoms. The molecular weight excluding hydrogens is 457 g/mol. The Bertz CT molecular complexity index is 1210. The van der Waals surface area contributed by atoms with Crippen LogP contribution in [-0.2, 0) is 24.2 Å². The largest absolute Gasteiger partial charge is 0.487 e. The quantitative estimate of drug-likeness (QED) is 0.481. The van der Waals surface area contributed by atoms with Crippen molar-refractivity contribution in [1.82, 2.24) is 4.90 Å². The Morgan fingerprint density at radius 2 is 1.85 bits per heavy atom. The molecule has 7 heteroatoms. The molecule has 1 amide bonds. The summed E-state index contributed by atoms with van der Waals surface area (Å²) < 4.78 is 19.9. The van der Waals surface area contributed by atoms with E-state index in [2.05, 4.69) is 6.92 Å². The average Bonchev–Trinajstić information content (AvgIpc) is 2.79. The number of benzene rings is 3. The number of hydrogen-bond donors (Lipinski definition) is 1. The van der Waals surface area contributed by atoms with Gasteiger partial charge in [-0.2, -0.15) is 0 Å². The monoisotopic (exact) mass is 481 g/mol. The fourth-order valence-electron chi connectivity index (χ4n) is 4.28. The van der Waals surface area contributed by atoms with Crippen molar-refractivity contribution in [2.75, 3.05) is 6.54 Å². The van der Waals surface area contributed by atoms with Gasteiger partial charge < -0.3 is 14.7 Å². The van der Waals surface area contributed by atoms with Crippen molar-refractivity contribution >= 4 is 23.5 Å². The van der Waals surface area contributed by atoms with Gasteiger partial charge in [-0.25, -0.2) is 4.39 Å². The second-order valence-corrected chi connectivity index (χ2v) is 9.30. The number of fused-ring (bicyclic) bond motifs is 1. The van der Waals surface area contributed by atoms with E-state index in [1.54, 1.807) is 24.3 Å². The maximum atomic E-state index is 13.6. The molecule has 0 saturated carbocycles. The van der Waals surface area contributed by atoms with E-state index in [0.717, 1.165) is 30.4 Å². The van der Waals surface area contributed by atoms with Crippen molar-refractivity contribution < 1.29 is 23.8 Å². The molecule has 5 nitrogen and oxygen atoms in total. The predicted molar refractivity (Wildman–Crippen MR) is 128 cm³/mol. The lowest BCUT2D eigenvalue weighted by molar-refractivity contribution is -0.137. The van der Waals surface area contributed by atoms with Gasteiger partial charge in [-0.3, -0.25) is 9.59 Å². The molecule has 0 radical (unpaired) electrons. The molecule has 1 heterocycles. The number of carbonyl (C=O) groups excluding carboxylic acids is 1. The number of rotatable bonds is 7. The van der Waals surface area contributed by atoms with E-state index < -0.39 is 24.2 Å². The highest BCUT2D eigenvalue weighted by atomic mass is 35.5. The van der Waals surface area contributed by atoms with Crippen LogP contribution in [0.5, 0.6) is 5.75 Å². The first kappa shape index (κ1) is 23.8. The highest BCUT2D eigenvalue weighted by Gasteiger charge is 2.32. The fourth-order valence-corrected chi connectivity index (χ4v) is 4.41. The lowest BCUT2D eigenvalue weighted by Gasteiger charge is -2.36. The lowest BCUT2D eigenvalue weighted by Crippen LogP contribution is -2.39. The van der Waals surface area contributed by atoms with E-state index in [4.69, 9.17) is 16.3 Å². The Morgan fingerprint density at radius 3 is 2.56 bits per heavy atom. The first-order valence-electron chi connectivity index (χ1n) is 11.0. The predicted octanol–water partition coefficient (Wildman–Crippen LogP) is 5.53. The zero-order valence-corrected chi connectivity index (χ0v) is 19.5. The van der Waals surface area contributed by atoms with Gasteiger partial charge in [0, 0.05) is 23.6 Å². The van der Waals surface area contributed by atoms with Crippen molar-refractivity contribution in [3.63, 3.8) is 0 Å². The molecule has 1 atom stereocenters. The van der Waals surface area contributed by atoms with Crippen molar-refractivity contribution in [3.05, 3.63) is 99.8 Å². The second kappa shape index (κ2) is 9.85. The number of hydrogen-bond acceptors (Lipinski definition) is 3. The summed E-state index contributed by atoms with van der Waals surface area (Å²) in [5.74, 6) is -1.28. The van der Waals surface area contributed by atoms with E-state index in [-0.39, 0.29) is 12.1 Å². The number of nitrogens with zero attached hydrogens (tertiary/aromatic N) is 1. The summed E-state index contributed by atoms with van der Waals surface area (Å²) in [6.07, 6.45) is 2.22. The van der Waals surface area contributed by atoms with Crippen LogP contribution >= 0.6 is 11.6 Å². The normalized spacial score (nSPS) is 16.9. The van der Waals surface area contributed by atoms with Crippen LogP contribution < -0.4 is 4.74 Å². The molecule has 1 aliphatic heterocycles. The minimum Gasteiger partial charge on any atom is -0.487 e. The summed E-state index contributed by atoms with van der Waals surface area (Å²) in [6, 6.07) is 18.7. The third-order valence-electron chi connectivity index (χ3n) is 5.95. The lowest BCUT2D eigenvalue weighted by atomic mass is 9.87. The Morgan fingerprint density at radius 1 is 1.09 bits per heavy atom. The molecule has 0 aliphatic carbocycles. The zero-order chi connectivity index (χ0) is 24.3. The molecule has 1 aliphatic rings. The number of halogens is 2. The van der Waals surface area contributed by atoms with Crippen molar-refractivity contribution in [2.45, 2.75) is 38.3 Å². The summed E-state index contributed by atoms with van der Waals surface area (Å²) in [7, 11) is 0. The van der Waals surface area contributed by atoms with Crippen molar-refractivity contribution in [1.29, 1.82) is 0 Å². The number of amides is 1. The third kappa shape index (κ3) is 5.75. The highest BCUT2D eigenvalue weighted by Crippen LogP contribution is 2.36. The van der Waals surface area contributed by atoms with E-state index in [9.17, 15) is 19.1 Å². The van der Waals surface area contributed by atoms with Gasteiger partial charge >= 0.3 is 5.97 Å². The average molecular weight is 482 g/mol. The highest BCUT2D eigenvalue weighted by molar-refractivity contribution is 6.30. The maximum absolute atomic E-state index is 13.6. The van der Waals surface area contributed by atoms with Gasteiger partial charge in [0.05, 0.1) is 0 Å². The van der Waals surface area contributed by atoms with Crippen LogP contribution in [0.3, 0.4) is 0 Å². The summed E-state index contributed by atoms with van der Waals surface area (Å²) in [5.41, 5.74) is 2.54. The molecule has 0 aromatic heterocycles. The Balaban J connectivity index is 1.51. The summed E-state index contributed by atoms with van der Waals surface area (Å²) in [4.78, 5) is 25.8. The Kier molecular flexibility index (Phi) is 6.89. The van der Waals surface area contributed by atoms with Gasteiger partial charge in [0.15, 0.2) is 0 Å². The van der Waals surface area contributed by atoms with Crippen LogP contribution in [0.2, 0.25) is 5.02 Å². The van der Waals surface area contributed by atoms with Crippen LogP contribution in [0.1, 0.15) is 40.4 Å². The maximum Gasteiger partial charge on any atom is 0.323 e. The van der Waals surface area contributed by atoms with Crippen LogP contribution in [0, 0.1) is 5.82 Å². The molecule has 3 aromatic carbocycles. The van der Waals surface area contributed by atoms with Crippen molar-refractivity contribution in [3.8, 4) is 5.75 Å². The van der Waals surface area contributed by atoms with E-state index in [0.29, 0.717) is 21.9 Å². The first-order valence-corrected chi connectivity index (χ1v) is 11.4. The SMILES string of the molecule is C[C@]1(Cc2ccc(Cl)cc2)CCc2cc(C(=O)N(CC(=O)O)Cc3cccc(F)c3)ccc2O1. The van der Waals surface area contributed by atoms with E-state index >= 15 is 0 Å². The number of carboxylic acid groups (broad SMARTS) is 1. The van der Waals surface area contributed by atoms with Crippen LogP contribution in [0.4, 0.5) is 4.39 Å². The fraction of sp³-hybridized carbons (Fsp3) is 0.259. The molecule has 176 valence electrons. The zero-order valence-electron chi connectivity index (χ0n) is 18.8. The van der Waals surface area contributed by atoms with Crippen LogP contribution in [-0.4, -0.2) is 34.0 Å². The second-order valence-electron chi connectivity index (χ2n) is 8.86. The molecule has 4 rings (SSSR count). The Hall–Kier alpha value is -3.38. The molecule has 0 unspecified atom stereocenters. The van der Waals surface area contributed by atoms with Gasteiger partial charge in [-0.15, -0.1) is 0 Å². The molecule has 3 aromatic rings. The molecule has 1 N–H and O–H groups in total. The number of carbonyl (C=O) groups is 2. The molecule has 0 fully saturated rings. The third-order valence-corrected chi connectivity index (χ3v) is 6.21. The number of aryl methyl sites for hydroxylation is 1. The van der Waals surface area contributed by atoms with Gasteiger partial charge in [-0.1, -0.05) is 35.9 Å². The van der Waals surface area contributed by atoms with E-state index in [1.807, 2.05) is 24.3 Å². The van der Waals surface area contributed by atoms with Crippen LogP contribution in [0.15, 0.2) is 66.7 Å². The van der Waals surface area contributed by atoms with Gasteiger partial charge in [0.1, 0.15) is 23.7 Å². The van der Waals surface area contributed by atoms with Gasteiger partial charge in [0.25, 0.3) is 5.91 Å². The minimum atomic E-state index is -1.14. The molecule has 0 saturated heterocycles. The van der Waals surface area contributed by atoms with Gasteiger partial charge in [-0.05, 0) is 78.9 Å². The first-order chi connectivity index (χ1) is 16.2. The molecular formula is C27H25ClFNO4. The molecule has 0 bridgehead atoms. The topological polar surface area (TPSA) is 66.8 Å². The number of carboxylic acids is 1. The Labute approximate surface area is 202 Å². The van der Waals surface area contributed by atoms with Gasteiger partial charge in [0.2, 0.25) is 0 Å². The summed E-state index contributed by atoms with van der Waals surface area (Å²) >= 11 is 5.99. The van der Waals surface area contributed by atoms with Crippen LogP contribution in [0.25, 0.3) is 0 Å². The summed E-state index contributed by atoms with van der Waals surface area (Å²) in [5, 5.41) is 9.99. The molecule has 34 heavy (non-hydrogen) atoms. The number of ether oxygens (including phenoxy) is 1. The van der Waals surface area contributed by atoms with E-state index in [1.165, 1.54) is 23.1 Å². The minimum absolute atomic E-state index is 0.00432. The van der Waals surface area contributed by atoms with Crippen molar-refractivity contribution in [2.24, 2.45) is 0 Å². The smallest absolute Gasteiger partial charge is 0.323 e. The number of aliphatic carboxylic acids is 1. The standard InChI is InChI=1S/C27H25ClFNO4/c1-27(15-18-5-8-22(28)9-6-18)12-11-20-14-21(7-10-24(20)34-27)26(33)30(17-25(31)32)16-19-3-2-4-23(29)13-19/h2-10,13-14H,11-12,15-17H2,1H3,(H,31,32)/t27-/m1/s1.